The number of allylic oxidation sites excluding steroid dienone is 2. The van der Waals surface area contributed by atoms with Crippen molar-refractivity contribution in [2.24, 2.45) is 0 Å². The van der Waals surface area contributed by atoms with Crippen molar-refractivity contribution in [2.75, 3.05) is 5.33 Å². The van der Waals surface area contributed by atoms with Gasteiger partial charge in [0.15, 0.2) is 0 Å². The Morgan fingerprint density at radius 1 is 1.38 bits per heavy atom. The number of hydrogen-bond donors (Lipinski definition) is 0. The molecule has 1 aromatic carbocycles. The summed E-state index contributed by atoms with van der Waals surface area (Å²) in [6.45, 7) is 2.13. The van der Waals surface area contributed by atoms with Crippen molar-refractivity contribution >= 4 is 32.4 Å². The first-order valence-electron chi connectivity index (χ1n) is 5.39. The summed E-state index contributed by atoms with van der Waals surface area (Å²) < 4.78 is 0. The molecule has 0 aliphatic carbocycles. The van der Waals surface area contributed by atoms with Gasteiger partial charge in [-0.15, -0.1) is 0 Å². The number of hydrogen-bond acceptors (Lipinski definition) is 1. The lowest BCUT2D eigenvalue weighted by Crippen LogP contribution is -1.85. The van der Waals surface area contributed by atoms with Crippen LogP contribution in [0.25, 0.3) is 16.5 Å². The van der Waals surface area contributed by atoms with Crippen molar-refractivity contribution in [2.45, 2.75) is 13.3 Å². The van der Waals surface area contributed by atoms with Crippen LogP contribution in [0.1, 0.15) is 18.9 Å². The molecule has 0 saturated heterocycles. The van der Waals surface area contributed by atoms with Crippen LogP contribution in [0.5, 0.6) is 0 Å². The highest BCUT2D eigenvalue weighted by molar-refractivity contribution is 9.09. The monoisotopic (exact) mass is 275 g/mol. The van der Waals surface area contributed by atoms with Gasteiger partial charge in [0, 0.05) is 16.9 Å². The Morgan fingerprint density at radius 2 is 2.19 bits per heavy atom. The van der Waals surface area contributed by atoms with E-state index >= 15 is 0 Å². The van der Waals surface area contributed by atoms with E-state index in [2.05, 4.69) is 46.0 Å². The highest BCUT2D eigenvalue weighted by atomic mass is 79.9. The van der Waals surface area contributed by atoms with E-state index in [1.54, 1.807) is 0 Å². The first-order valence-corrected chi connectivity index (χ1v) is 6.51. The predicted molar refractivity (Wildman–Crippen MR) is 73.8 cm³/mol. The summed E-state index contributed by atoms with van der Waals surface area (Å²) in [5.74, 6) is 0. The lowest BCUT2D eigenvalue weighted by Gasteiger charge is -2.03. The molecule has 0 saturated carbocycles. The zero-order valence-corrected chi connectivity index (χ0v) is 10.9. The number of aromatic nitrogens is 1. The molecule has 1 nitrogen and oxygen atoms in total. The smallest absolute Gasteiger partial charge is 0.0702 e. The van der Waals surface area contributed by atoms with Crippen molar-refractivity contribution in [3.63, 3.8) is 0 Å². The fourth-order valence-electron chi connectivity index (χ4n) is 1.68. The van der Waals surface area contributed by atoms with Crippen LogP contribution in [0.3, 0.4) is 0 Å². The second-order valence-corrected chi connectivity index (χ2v) is 4.57. The molecule has 0 spiro atoms. The lowest BCUT2D eigenvalue weighted by atomic mass is 10.1. The van der Waals surface area contributed by atoms with Gasteiger partial charge < -0.3 is 0 Å². The van der Waals surface area contributed by atoms with Gasteiger partial charge >= 0.3 is 0 Å². The molecule has 0 amide bonds. The summed E-state index contributed by atoms with van der Waals surface area (Å²) in [7, 11) is 0. The second-order valence-electron chi connectivity index (χ2n) is 3.78. The van der Waals surface area contributed by atoms with E-state index in [4.69, 9.17) is 0 Å². The van der Waals surface area contributed by atoms with E-state index in [-0.39, 0.29) is 0 Å². The number of nitrogens with zero attached hydrogens (tertiary/aromatic N) is 1. The number of para-hydroxylation sites is 1. The molecule has 1 heterocycles. The largest absolute Gasteiger partial charge is 0.256 e. The molecule has 1 aromatic heterocycles. The molecule has 0 atom stereocenters. The third kappa shape index (κ3) is 2.50. The van der Waals surface area contributed by atoms with Crippen molar-refractivity contribution in [1.82, 2.24) is 4.98 Å². The average molecular weight is 276 g/mol. The Morgan fingerprint density at radius 3 is 3.00 bits per heavy atom. The maximum absolute atomic E-state index is 4.46. The highest BCUT2D eigenvalue weighted by Gasteiger charge is 1.98. The van der Waals surface area contributed by atoms with Crippen molar-refractivity contribution in [3.8, 4) is 0 Å². The normalized spacial score (nSPS) is 12.0. The number of rotatable bonds is 3. The summed E-state index contributed by atoms with van der Waals surface area (Å²) >= 11 is 3.43. The van der Waals surface area contributed by atoms with Crippen LogP contribution in [0.4, 0.5) is 0 Å². The van der Waals surface area contributed by atoms with Crippen LogP contribution in [0.15, 0.2) is 42.6 Å². The number of pyridine rings is 1. The zero-order chi connectivity index (χ0) is 11.4. The Hall–Kier alpha value is -1.15. The van der Waals surface area contributed by atoms with Crippen molar-refractivity contribution in [1.29, 1.82) is 0 Å². The quantitative estimate of drug-likeness (QED) is 0.756. The number of fused-ring (bicyclic) bond motifs is 1. The van der Waals surface area contributed by atoms with Crippen molar-refractivity contribution < 1.29 is 0 Å². The van der Waals surface area contributed by atoms with E-state index in [0.29, 0.717) is 0 Å². The van der Waals surface area contributed by atoms with E-state index in [1.165, 1.54) is 16.5 Å². The average Bonchev–Trinajstić information content (AvgIpc) is 2.35. The predicted octanol–water partition coefficient (Wildman–Crippen LogP) is 4.42. The van der Waals surface area contributed by atoms with Crippen LogP contribution in [-0.4, -0.2) is 10.3 Å². The molecule has 0 N–H and O–H groups in total. The van der Waals surface area contributed by atoms with E-state index in [1.807, 2.05) is 24.4 Å². The molecule has 2 aromatic rings. The Kier molecular flexibility index (Phi) is 3.73. The van der Waals surface area contributed by atoms with Crippen LogP contribution in [-0.2, 0) is 0 Å². The van der Waals surface area contributed by atoms with Gasteiger partial charge in [-0.05, 0) is 36.6 Å². The van der Waals surface area contributed by atoms with E-state index in [9.17, 15) is 0 Å². The molecular formula is C14H14BrN. The molecule has 0 aliphatic rings. The fraction of sp³-hybridized carbons (Fsp3) is 0.214. The summed E-state index contributed by atoms with van der Waals surface area (Å²) in [6.07, 6.45) is 5.24. The summed E-state index contributed by atoms with van der Waals surface area (Å²) in [4.78, 5) is 4.46. The van der Waals surface area contributed by atoms with Crippen LogP contribution < -0.4 is 0 Å². The molecule has 0 aliphatic heterocycles. The molecule has 0 bridgehead atoms. The SMILES string of the molecule is CC(=CCCBr)c1cnc2ccccc2c1. The van der Waals surface area contributed by atoms with E-state index in [0.717, 1.165) is 17.3 Å². The Balaban J connectivity index is 2.39. The van der Waals surface area contributed by atoms with Gasteiger partial charge in [-0.2, -0.15) is 0 Å². The number of alkyl halides is 1. The third-order valence-corrected chi connectivity index (χ3v) is 3.06. The maximum atomic E-state index is 4.46. The standard InChI is InChI=1S/C14H14BrN/c1-11(5-4-8-15)13-9-12-6-2-3-7-14(12)16-10-13/h2-3,5-7,9-10H,4,8H2,1H3. The van der Waals surface area contributed by atoms with Gasteiger partial charge in [-0.25, -0.2) is 0 Å². The first-order chi connectivity index (χ1) is 7.81. The minimum absolute atomic E-state index is 1.01. The van der Waals surface area contributed by atoms with Gasteiger partial charge in [-0.1, -0.05) is 40.2 Å². The van der Waals surface area contributed by atoms with Crippen LogP contribution >= 0.6 is 15.9 Å². The van der Waals surface area contributed by atoms with Gasteiger partial charge in [-0.3, -0.25) is 4.98 Å². The molecule has 2 heteroatoms. The van der Waals surface area contributed by atoms with Gasteiger partial charge in [0.05, 0.1) is 5.52 Å². The molecule has 16 heavy (non-hydrogen) atoms. The first kappa shape index (κ1) is 11.3. The fourth-order valence-corrected chi connectivity index (χ4v) is 1.90. The maximum Gasteiger partial charge on any atom is 0.0702 e. The number of halogens is 1. The highest BCUT2D eigenvalue weighted by Crippen LogP contribution is 2.19. The van der Waals surface area contributed by atoms with Crippen LogP contribution in [0, 0.1) is 0 Å². The zero-order valence-electron chi connectivity index (χ0n) is 9.28. The molecule has 0 radical (unpaired) electrons. The molecular weight excluding hydrogens is 262 g/mol. The lowest BCUT2D eigenvalue weighted by molar-refractivity contribution is 1.25. The van der Waals surface area contributed by atoms with E-state index < -0.39 is 0 Å². The summed E-state index contributed by atoms with van der Waals surface area (Å²) in [6, 6.07) is 10.4. The van der Waals surface area contributed by atoms with Gasteiger partial charge in [0.2, 0.25) is 0 Å². The van der Waals surface area contributed by atoms with Crippen LogP contribution in [0.2, 0.25) is 0 Å². The molecule has 0 fully saturated rings. The van der Waals surface area contributed by atoms with Gasteiger partial charge in [0.1, 0.15) is 0 Å². The molecule has 2 rings (SSSR count). The molecule has 82 valence electrons. The Labute approximate surface area is 104 Å². The number of benzene rings is 1. The molecule has 0 unspecified atom stereocenters. The van der Waals surface area contributed by atoms with Crippen molar-refractivity contribution in [3.05, 3.63) is 48.2 Å². The Bertz CT molecular complexity index is 517. The topological polar surface area (TPSA) is 12.9 Å². The summed E-state index contributed by atoms with van der Waals surface area (Å²) in [5, 5.41) is 2.21. The second kappa shape index (κ2) is 5.26. The van der Waals surface area contributed by atoms with Gasteiger partial charge in [0.25, 0.3) is 0 Å². The minimum atomic E-state index is 1.01. The third-order valence-electron chi connectivity index (χ3n) is 2.61. The summed E-state index contributed by atoms with van der Waals surface area (Å²) in [5.41, 5.74) is 3.55. The minimum Gasteiger partial charge on any atom is -0.256 e.